The Kier molecular flexibility index (Phi) is 5.19. The molecule has 4 nitrogen and oxygen atoms in total. The number of rotatable bonds is 4. The molecule has 0 saturated carbocycles. The number of likely N-dealkylation sites (N-methyl/N-ethyl adjacent to an activating group) is 1. The number of aliphatic imine (C=N–C) groups is 1. The van der Waals surface area contributed by atoms with Crippen molar-refractivity contribution in [3.8, 4) is 5.75 Å². The van der Waals surface area contributed by atoms with Gasteiger partial charge in [0, 0.05) is 25.2 Å². The molecule has 0 radical (unpaired) electrons. The largest absolute Gasteiger partial charge is 0.488 e. The molecule has 1 aliphatic rings. The second-order valence-corrected chi connectivity index (χ2v) is 6.41. The van der Waals surface area contributed by atoms with Gasteiger partial charge < -0.3 is 4.74 Å². The Hall–Kier alpha value is -2.60. The summed E-state index contributed by atoms with van der Waals surface area (Å²) in [5.74, 6) is 0.191. The summed E-state index contributed by atoms with van der Waals surface area (Å²) < 4.78 is 19.5. The van der Waals surface area contributed by atoms with Crippen LogP contribution in [0.15, 0.2) is 58.4 Å². The van der Waals surface area contributed by atoms with Gasteiger partial charge in [-0.2, -0.15) is 0 Å². The van der Waals surface area contributed by atoms with Gasteiger partial charge in [-0.25, -0.2) is 4.39 Å². The first-order valence-corrected chi connectivity index (χ1v) is 8.51. The van der Waals surface area contributed by atoms with E-state index in [1.165, 1.54) is 22.7 Å². The quantitative estimate of drug-likeness (QED) is 0.780. The van der Waals surface area contributed by atoms with Gasteiger partial charge in [-0.1, -0.05) is 36.4 Å². The second kappa shape index (κ2) is 7.53. The Labute approximate surface area is 150 Å². The lowest BCUT2D eigenvalue weighted by atomic mass is 10.1. The first-order valence-electron chi connectivity index (χ1n) is 7.70. The molecule has 3 rings (SSSR count). The molecule has 0 N–H and O–H groups in total. The van der Waals surface area contributed by atoms with Crippen molar-refractivity contribution in [3.05, 3.63) is 70.4 Å². The molecule has 1 fully saturated rings. The third kappa shape index (κ3) is 3.74. The molecule has 1 heterocycles. The summed E-state index contributed by atoms with van der Waals surface area (Å²) >= 11 is 1.32. The monoisotopic (exact) mass is 356 g/mol. The highest BCUT2D eigenvalue weighted by atomic mass is 32.2. The number of para-hydroxylation sites is 1. The van der Waals surface area contributed by atoms with Crippen LogP contribution < -0.4 is 4.74 Å². The highest BCUT2D eigenvalue weighted by molar-refractivity contribution is 8.18. The molecular formula is C19H17FN2O2S. The highest BCUT2D eigenvalue weighted by Crippen LogP contribution is 2.33. The molecule has 25 heavy (non-hydrogen) atoms. The lowest BCUT2D eigenvalue weighted by molar-refractivity contribution is -0.121. The van der Waals surface area contributed by atoms with Gasteiger partial charge in [-0.3, -0.25) is 14.7 Å². The summed E-state index contributed by atoms with van der Waals surface area (Å²) in [5.41, 5.74) is 1.25. The fraction of sp³-hybridized carbons (Fsp3) is 0.158. The first kappa shape index (κ1) is 17.2. The van der Waals surface area contributed by atoms with Crippen LogP contribution in [0.2, 0.25) is 0 Å². The fourth-order valence-corrected chi connectivity index (χ4v) is 3.31. The summed E-state index contributed by atoms with van der Waals surface area (Å²) in [6, 6.07) is 13.9. The maximum Gasteiger partial charge on any atom is 0.266 e. The third-order valence-corrected chi connectivity index (χ3v) is 4.89. The van der Waals surface area contributed by atoms with Gasteiger partial charge in [0.05, 0.1) is 4.91 Å². The number of amidine groups is 1. The van der Waals surface area contributed by atoms with Crippen molar-refractivity contribution in [2.75, 3.05) is 14.1 Å². The maximum atomic E-state index is 13.7. The number of hydrogen-bond acceptors (Lipinski definition) is 4. The predicted molar refractivity (Wildman–Crippen MR) is 98.9 cm³/mol. The Balaban J connectivity index is 1.83. The zero-order valence-corrected chi connectivity index (χ0v) is 14.7. The van der Waals surface area contributed by atoms with Crippen molar-refractivity contribution in [1.29, 1.82) is 0 Å². The summed E-state index contributed by atoms with van der Waals surface area (Å²) in [6.07, 6.45) is 1.78. The van der Waals surface area contributed by atoms with E-state index in [1.54, 1.807) is 44.4 Å². The van der Waals surface area contributed by atoms with Crippen molar-refractivity contribution in [2.45, 2.75) is 6.61 Å². The molecule has 0 aromatic heterocycles. The lowest BCUT2D eigenvalue weighted by Gasteiger charge is -2.10. The first-order chi connectivity index (χ1) is 12.1. The molecule has 0 unspecified atom stereocenters. The standard InChI is InChI=1S/C19H17FN2O2S/c1-21-19-22(2)18(23)17(25-19)11-13-7-4-6-10-16(13)24-12-14-8-3-5-9-15(14)20/h3-11H,12H2,1-2H3/b17-11-,21-19?. The van der Waals surface area contributed by atoms with Crippen LogP contribution in [-0.2, 0) is 11.4 Å². The van der Waals surface area contributed by atoms with Crippen molar-refractivity contribution in [2.24, 2.45) is 4.99 Å². The van der Waals surface area contributed by atoms with Gasteiger partial charge in [0.25, 0.3) is 5.91 Å². The minimum atomic E-state index is -0.301. The Morgan fingerprint density at radius 2 is 1.92 bits per heavy atom. The SMILES string of the molecule is CN=C1S/C(=C\c2ccccc2OCc2ccccc2F)C(=O)N1C. The maximum absolute atomic E-state index is 13.7. The molecule has 0 atom stereocenters. The van der Waals surface area contributed by atoms with E-state index in [9.17, 15) is 9.18 Å². The molecule has 0 bridgehead atoms. The summed E-state index contributed by atoms with van der Waals surface area (Å²) in [4.78, 5) is 18.5. The zero-order chi connectivity index (χ0) is 17.8. The average Bonchev–Trinajstić information content (AvgIpc) is 2.90. The molecule has 128 valence electrons. The molecule has 1 saturated heterocycles. The van der Waals surface area contributed by atoms with Crippen LogP contribution >= 0.6 is 11.8 Å². The zero-order valence-electron chi connectivity index (χ0n) is 13.9. The smallest absolute Gasteiger partial charge is 0.266 e. The van der Waals surface area contributed by atoms with Crippen LogP contribution in [0.3, 0.4) is 0 Å². The number of carbonyl (C=O) groups is 1. The van der Waals surface area contributed by atoms with Crippen LogP contribution in [0.4, 0.5) is 4.39 Å². The molecule has 6 heteroatoms. The van der Waals surface area contributed by atoms with E-state index >= 15 is 0 Å². The highest BCUT2D eigenvalue weighted by Gasteiger charge is 2.29. The molecule has 0 spiro atoms. The molecule has 1 aliphatic heterocycles. The van der Waals surface area contributed by atoms with E-state index in [-0.39, 0.29) is 18.3 Å². The van der Waals surface area contributed by atoms with E-state index in [1.807, 2.05) is 18.2 Å². The number of thioether (sulfide) groups is 1. The molecule has 2 aromatic rings. The van der Waals surface area contributed by atoms with Gasteiger partial charge in [-0.05, 0) is 30.0 Å². The number of benzene rings is 2. The van der Waals surface area contributed by atoms with Crippen LogP contribution in [-0.4, -0.2) is 30.1 Å². The van der Waals surface area contributed by atoms with Crippen LogP contribution in [0.1, 0.15) is 11.1 Å². The minimum Gasteiger partial charge on any atom is -0.488 e. The van der Waals surface area contributed by atoms with Gasteiger partial charge in [-0.15, -0.1) is 0 Å². The summed E-state index contributed by atoms with van der Waals surface area (Å²) in [5, 5.41) is 0.654. The average molecular weight is 356 g/mol. The van der Waals surface area contributed by atoms with Crippen molar-refractivity contribution in [1.82, 2.24) is 4.90 Å². The Bertz CT molecular complexity index is 864. The molecular weight excluding hydrogens is 339 g/mol. The van der Waals surface area contributed by atoms with Crippen LogP contribution in [0.5, 0.6) is 5.75 Å². The van der Waals surface area contributed by atoms with Crippen molar-refractivity contribution >= 4 is 28.9 Å². The van der Waals surface area contributed by atoms with Gasteiger partial charge in [0.15, 0.2) is 5.17 Å². The number of nitrogens with zero attached hydrogens (tertiary/aromatic N) is 2. The van der Waals surface area contributed by atoms with E-state index in [2.05, 4.69) is 4.99 Å². The second-order valence-electron chi connectivity index (χ2n) is 5.40. The number of carbonyl (C=O) groups excluding carboxylic acids is 1. The lowest BCUT2D eigenvalue weighted by Crippen LogP contribution is -2.23. The molecule has 2 aromatic carbocycles. The number of halogens is 1. The number of amides is 1. The van der Waals surface area contributed by atoms with Crippen molar-refractivity contribution < 1.29 is 13.9 Å². The van der Waals surface area contributed by atoms with E-state index in [0.717, 1.165) is 5.56 Å². The predicted octanol–water partition coefficient (Wildman–Crippen LogP) is 3.94. The van der Waals surface area contributed by atoms with Gasteiger partial charge >= 0.3 is 0 Å². The topological polar surface area (TPSA) is 41.9 Å². The minimum absolute atomic E-state index is 0.102. The number of hydrogen-bond donors (Lipinski definition) is 0. The third-order valence-electron chi connectivity index (χ3n) is 3.74. The Morgan fingerprint density at radius 3 is 2.64 bits per heavy atom. The molecule has 1 amide bonds. The van der Waals surface area contributed by atoms with Gasteiger partial charge in [0.2, 0.25) is 0 Å². The summed E-state index contributed by atoms with van der Waals surface area (Å²) in [7, 11) is 3.35. The van der Waals surface area contributed by atoms with E-state index in [4.69, 9.17) is 4.74 Å². The van der Waals surface area contributed by atoms with Crippen LogP contribution in [0, 0.1) is 5.82 Å². The van der Waals surface area contributed by atoms with Crippen molar-refractivity contribution in [3.63, 3.8) is 0 Å². The fourth-order valence-electron chi connectivity index (χ4n) is 2.39. The van der Waals surface area contributed by atoms with Crippen LogP contribution in [0.25, 0.3) is 6.08 Å². The van der Waals surface area contributed by atoms with E-state index < -0.39 is 0 Å². The normalized spacial score (nSPS) is 17.6. The summed E-state index contributed by atoms with van der Waals surface area (Å²) in [6.45, 7) is 0.121. The molecule has 0 aliphatic carbocycles. The Morgan fingerprint density at radius 1 is 1.20 bits per heavy atom. The van der Waals surface area contributed by atoms with Gasteiger partial charge in [0.1, 0.15) is 18.2 Å². The van der Waals surface area contributed by atoms with E-state index in [0.29, 0.717) is 21.4 Å². The number of ether oxygens (including phenoxy) is 1.